The van der Waals surface area contributed by atoms with Gasteiger partial charge in [-0.15, -0.1) is 0 Å². The van der Waals surface area contributed by atoms with Crippen LogP contribution >= 0.6 is 0 Å². The van der Waals surface area contributed by atoms with Crippen molar-refractivity contribution in [3.8, 4) is 11.6 Å². The van der Waals surface area contributed by atoms with E-state index < -0.39 is 11.9 Å². The van der Waals surface area contributed by atoms with E-state index >= 15 is 0 Å². The van der Waals surface area contributed by atoms with Crippen molar-refractivity contribution in [3.63, 3.8) is 0 Å². The third-order valence-corrected chi connectivity index (χ3v) is 3.90. The molecule has 0 aliphatic heterocycles. The van der Waals surface area contributed by atoms with Crippen LogP contribution in [0.15, 0.2) is 49.3 Å². The fourth-order valence-corrected chi connectivity index (χ4v) is 2.65. The molecule has 4 aromatic heterocycles. The standard InChI is InChI=1S/C11H12N4O2.C9H8N4O2.Li.2H2O/c1-3-17-11(16)9-6-8(2)14-15(9)10-7-12-4-5-13-10;1-6-4-7(9(14)15)13(12-6)8-5-10-2-3-11-8;;;/h4-7H,3H2,1-2H3;2-5H,1H3,(H,14,15);;2*1H2/q;;+1;;/p-1. The van der Waals surface area contributed by atoms with Gasteiger partial charge in [0.2, 0.25) is 0 Å². The molecule has 4 heterocycles. The van der Waals surface area contributed by atoms with Gasteiger partial charge in [-0.2, -0.15) is 10.2 Å². The number of aromatic nitrogens is 8. The smallest absolute Gasteiger partial charge is 0.870 e. The van der Waals surface area contributed by atoms with Gasteiger partial charge in [0.05, 0.1) is 30.4 Å². The first-order valence-electron chi connectivity index (χ1n) is 9.47. The Hall–Kier alpha value is -3.96. The van der Waals surface area contributed by atoms with Gasteiger partial charge in [-0.05, 0) is 32.9 Å². The van der Waals surface area contributed by atoms with Crippen LogP contribution in [-0.4, -0.2) is 74.1 Å². The molecular weight excluding hydrogens is 455 g/mol. The SMILES string of the molecule is CCOC(=O)c1cc(C)nn1-c1cnccn1.Cc1cc(C(=O)O)n(-c2cnccn2)n1.O.[Li+].[OH-]. The van der Waals surface area contributed by atoms with Gasteiger partial charge >= 0.3 is 30.8 Å². The summed E-state index contributed by atoms with van der Waals surface area (Å²) < 4.78 is 7.64. The maximum atomic E-state index is 11.7. The van der Waals surface area contributed by atoms with Crippen LogP contribution in [0, 0.1) is 13.8 Å². The molecule has 0 aliphatic carbocycles. The normalized spacial score (nSPS) is 9.34. The Kier molecular flexibility index (Phi) is 12.7. The summed E-state index contributed by atoms with van der Waals surface area (Å²) in [5, 5.41) is 17.2. The fraction of sp³-hybridized carbons (Fsp3) is 0.200. The van der Waals surface area contributed by atoms with E-state index in [-0.39, 0.29) is 35.5 Å². The first-order chi connectivity index (χ1) is 15.4. The van der Waals surface area contributed by atoms with Gasteiger partial charge in [-0.25, -0.2) is 28.9 Å². The maximum absolute atomic E-state index is 11.7. The number of hydrogen-bond acceptors (Lipinski definition) is 10. The molecule has 0 saturated heterocycles. The Balaban J connectivity index is 0.000000612. The van der Waals surface area contributed by atoms with Crippen LogP contribution in [0.4, 0.5) is 0 Å². The molecule has 4 N–H and O–H groups in total. The Bertz CT molecular complexity index is 1220. The van der Waals surface area contributed by atoms with Crippen LogP contribution in [-0.2, 0) is 4.74 Å². The van der Waals surface area contributed by atoms with E-state index in [0.717, 1.165) is 5.69 Å². The molecule has 0 unspecified atom stereocenters. The number of rotatable bonds is 5. The number of carboxylic acid groups (broad SMARTS) is 1. The summed E-state index contributed by atoms with van der Waals surface area (Å²) in [5.74, 6) is -0.577. The van der Waals surface area contributed by atoms with Crippen molar-refractivity contribution in [2.45, 2.75) is 20.8 Å². The molecular formula is C20H23LiN8O6. The third-order valence-electron chi connectivity index (χ3n) is 3.90. The summed E-state index contributed by atoms with van der Waals surface area (Å²) in [6.07, 6.45) is 9.09. The van der Waals surface area contributed by atoms with E-state index in [2.05, 4.69) is 30.1 Å². The molecule has 0 saturated carbocycles. The van der Waals surface area contributed by atoms with Crippen molar-refractivity contribution in [3.05, 3.63) is 72.1 Å². The number of nitrogens with zero attached hydrogens (tertiary/aromatic N) is 8. The molecule has 4 aromatic rings. The van der Waals surface area contributed by atoms with E-state index in [9.17, 15) is 9.59 Å². The summed E-state index contributed by atoms with van der Waals surface area (Å²) >= 11 is 0. The van der Waals surface area contributed by atoms with Gasteiger partial charge in [0.25, 0.3) is 0 Å². The van der Waals surface area contributed by atoms with E-state index in [1.54, 1.807) is 39.2 Å². The number of carbonyl (C=O) groups excluding carboxylic acids is 1. The molecule has 0 atom stereocenters. The van der Waals surface area contributed by atoms with Gasteiger partial charge in [-0.3, -0.25) is 9.97 Å². The summed E-state index contributed by atoms with van der Waals surface area (Å²) in [6, 6.07) is 3.14. The van der Waals surface area contributed by atoms with E-state index in [1.165, 1.54) is 40.2 Å². The van der Waals surface area contributed by atoms with Crippen LogP contribution < -0.4 is 18.9 Å². The van der Waals surface area contributed by atoms with E-state index in [1.807, 2.05) is 0 Å². The third kappa shape index (κ3) is 7.80. The molecule has 0 amide bonds. The van der Waals surface area contributed by atoms with Gasteiger partial charge in [-0.1, -0.05) is 0 Å². The molecule has 14 nitrogen and oxygen atoms in total. The molecule has 0 aliphatic rings. The second kappa shape index (κ2) is 14.3. The van der Waals surface area contributed by atoms with Gasteiger partial charge in [0.15, 0.2) is 23.0 Å². The van der Waals surface area contributed by atoms with Crippen molar-refractivity contribution >= 4 is 11.9 Å². The maximum Gasteiger partial charge on any atom is 1.00 e. The van der Waals surface area contributed by atoms with Crippen molar-refractivity contribution in [2.24, 2.45) is 0 Å². The molecule has 35 heavy (non-hydrogen) atoms. The molecule has 0 bridgehead atoms. The number of carbonyl (C=O) groups is 2. The summed E-state index contributed by atoms with van der Waals surface area (Å²) in [5.41, 5.74) is 1.77. The Labute approximate surface area is 211 Å². The molecule has 0 radical (unpaired) electrons. The average molecular weight is 478 g/mol. The Morgan fingerprint density at radius 3 is 1.74 bits per heavy atom. The first-order valence-corrected chi connectivity index (χ1v) is 9.47. The van der Waals surface area contributed by atoms with Crippen molar-refractivity contribution in [2.75, 3.05) is 6.61 Å². The summed E-state index contributed by atoms with van der Waals surface area (Å²) in [6.45, 7) is 5.60. The van der Waals surface area contributed by atoms with Gasteiger partial charge in [0, 0.05) is 24.8 Å². The van der Waals surface area contributed by atoms with Crippen molar-refractivity contribution in [1.82, 2.24) is 39.5 Å². The topological polar surface area (TPSA) is 212 Å². The van der Waals surface area contributed by atoms with Gasteiger partial charge in [0.1, 0.15) is 0 Å². The van der Waals surface area contributed by atoms with E-state index in [0.29, 0.717) is 29.6 Å². The van der Waals surface area contributed by atoms with Crippen LogP contribution in [0.1, 0.15) is 39.3 Å². The molecule has 0 spiro atoms. The average Bonchev–Trinajstić information content (AvgIpc) is 3.39. The number of esters is 1. The fourth-order valence-electron chi connectivity index (χ4n) is 2.65. The van der Waals surface area contributed by atoms with Gasteiger partial charge < -0.3 is 20.8 Å². The van der Waals surface area contributed by atoms with Crippen LogP contribution in [0.25, 0.3) is 11.6 Å². The largest absolute Gasteiger partial charge is 1.00 e. The van der Waals surface area contributed by atoms with Crippen molar-refractivity contribution < 1.29 is 49.2 Å². The van der Waals surface area contributed by atoms with E-state index in [4.69, 9.17) is 9.84 Å². The zero-order valence-electron chi connectivity index (χ0n) is 19.5. The zero-order valence-corrected chi connectivity index (χ0v) is 19.5. The zero-order chi connectivity index (χ0) is 23.1. The van der Waals surface area contributed by atoms with Crippen LogP contribution in [0.5, 0.6) is 0 Å². The Morgan fingerprint density at radius 1 is 0.886 bits per heavy atom. The number of ether oxygens (including phenoxy) is 1. The summed E-state index contributed by atoms with van der Waals surface area (Å²) in [4.78, 5) is 38.5. The quantitative estimate of drug-likeness (QED) is 0.240. The second-order valence-corrected chi connectivity index (χ2v) is 6.32. The molecule has 4 rings (SSSR count). The predicted octanol–water partition coefficient (Wildman–Crippen LogP) is -2.18. The monoisotopic (exact) mass is 478 g/mol. The van der Waals surface area contributed by atoms with Crippen molar-refractivity contribution in [1.29, 1.82) is 0 Å². The number of carboxylic acids is 1. The van der Waals surface area contributed by atoms with Crippen LogP contribution in [0.2, 0.25) is 0 Å². The second-order valence-electron chi connectivity index (χ2n) is 6.32. The summed E-state index contributed by atoms with van der Waals surface area (Å²) in [7, 11) is 0. The van der Waals surface area contributed by atoms with Crippen LogP contribution in [0.3, 0.4) is 0 Å². The molecule has 0 fully saturated rings. The minimum atomic E-state index is -1.04. The first kappa shape index (κ1) is 31.0. The Morgan fingerprint density at radius 2 is 1.34 bits per heavy atom. The predicted molar refractivity (Wildman–Crippen MR) is 116 cm³/mol. The molecule has 0 aromatic carbocycles. The minimum Gasteiger partial charge on any atom is -0.870 e. The number of aromatic carboxylic acids is 1. The molecule has 180 valence electrons. The molecule has 15 heteroatoms. The number of aryl methyl sites for hydroxylation is 2. The number of hydrogen-bond donors (Lipinski definition) is 1. The minimum absolute atomic E-state index is 0.